The van der Waals surface area contributed by atoms with Crippen molar-refractivity contribution in [2.45, 2.75) is 44.2 Å². The minimum atomic E-state index is -0.767. The number of β-amino-alcohol motifs (C(OH)–C–C–N with tert-alkyl or cyclic N) is 1. The average molecular weight is 428 g/mol. The van der Waals surface area contributed by atoms with E-state index in [4.69, 9.17) is 5.11 Å². The van der Waals surface area contributed by atoms with Crippen LogP contribution in [-0.4, -0.2) is 62.2 Å². The Kier molecular flexibility index (Phi) is 6.13. The van der Waals surface area contributed by atoms with E-state index < -0.39 is 17.9 Å². The number of benzene rings is 1. The third-order valence-corrected chi connectivity index (χ3v) is 5.99. The number of carboxylic acids is 1. The minimum Gasteiger partial charge on any atom is -0.481 e. The summed E-state index contributed by atoms with van der Waals surface area (Å²) in [4.78, 5) is 33.7. The molecule has 1 aromatic heterocycles. The molecule has 2 aliphatic rings. The molecule has 1 aliphatic heterocycles. The average Bonchev–Trinajstić information content (AvgIpc) is 3.21. The van der Waals surface area contributed by atoms with Crippen LogP contribution in [-0.2, 0) is 4.79 Å². The van der Waals surface area contributed by atoms with Crippen LogP contribution in [0.2, 0.25) is 0 Å². The number of aliphatic hydroxyl groups is 1. The van der Waals surface area contributed by atoms with Gasteiger partial charge in [0.25, 0.3) is 5.91 Å². The number of nitrogens with one attached hydrogen (secondary N) is 1. The molecule has 1 aliphatic carbocycles. The lowest BCUT2D eigenvalue weighted by Crippen LogP contribution is -2.30. The monoisotopic (exact) mass is 428 g/mol. The summed E-state index contributed by atoms with van der Waals surface area (Å²) in [6.07, 6.45) is 3.66. The van der Waals surface area contributed by atoms with E-state index in [-0.39, 0.29) is 29.5 Å². The van der Waals surface area contributed by atoms with Gasteiger partial charge >= 0.3 is 5.97 Å². The van der Waals surface area contributed by atoms with E-state index >= 15 is 0 Å². The molecule has 3 N–H and O–H groups in total. The maximum atomic E-state index is 14.5. The van der Waals surface area contributed by atoms with Gasteiger partial charge in [0.2, 0.25) is 5.95 Å². The lowest BCUT2D eigenvalue weighted by molar-refractivity contribution is -0.142. The minimum absolute atomic E-state index is 0.0309. The van der Waals surface area contributed by atoms with E-state index in [9.17, 15) is 19.1 Å². The van der Waals surface area contributed by atoms with Gasteiger partial charge in [-0.3, -0.25) is 9.59 Å². The topological polar surface area (TPSA) is 116 Å². The van der Waals surface area contributed by atoms with Crippen LogP contribution < -0.4 is 5.32 Å². The van der Waals surface area contributed by atoms with Crippen molar-refractivity contribution < 1.29 is 24.2 Å². The van der Waals surface area contributed by atoms with Crippen molar-refractivity contribution in [1.82, 2.24) is 14.9 Å². The first-order chi connectivity index (χ1) is 14.9. The number of aliphatic carboxylic acids is 1. The van der Waals surface area contributed by atoms with Gasteiger partial charge in [-0.2, -0.15) is 0 Å². The van der Waals surface area contributed by atoms with E-state index in [0.29, 0.717) is 56.3 Å². The fourth-order valence-corrected chi connectivity index (χ4v) is 4.21. The van der Waals surface area contributed by atoms with Gasteiger partial charge in [0.1, 0.15) is 5.69 Å². The number of halogens is 1. The van der Waals surface area contributed by atoms with Gasteiger partial charge in [0, 0.05) is 30.3 Å². The molecular weight excluding hydrogens is 403 g/mol. The fraction of sp³-hybridized carbons (Fsp3) is 0.455. The molecule has 4 rings (SSSR count). The Morgan fingerprint density at radius 3 is 2.61 bits per heavy atom. The van der Waals surface area contributed by atoms with E-state index in [1.54, 1.807) is 29.2 Å². The van der Waals surface area contributed by atoms with Crippen molar-refractivity contribution in [3.8, 4) is 11.3 Å². The smallest absolute Gasteiger partial charge is 0.306 e. The zero-order chi connectivity index (χ0) is 22.0. The van der Waals surface area contributed by atoms with Crippen molar-refractivity contribution in [3.05, 3.63) is 41.8 Å². The zero-order valence-corrected chi connectivity index (χ0v) is 17.0. The second kappa shape index (κ2) is 8.97. The number of nitrogens with zero attached hydrogens (tertiary/aromatic N) is 3. The van der Waals surface area contributed by atoms with Crippen LogP contribution in [0.15, 0.2) is 30.5 Å². The SMILES string of the molecule is O=C(O)C1CCC(Nc2ncc(F)c(-c3cccc(C(=O)N4CC[C@H](O)C4)c3)n2)CC1. The normalized spacial score (nSPS) is 23.5. The first-order valence-corrected chi connectivity index (χ1v) is 10.5. The molecule has 2 fully saturated rings. The Balaban J connectivity index is 1.50. The Morgan fingerprint density at radius 1 is 1.16 bits per heavy atom. The van der Waals surface area contributed by atoms with E-state index in [1.165, 1.54) is 0 Å². The first-order valence-electron chi connectivity index (χ1n) is 10.5. The zero-order valence-electron chi connectivity index (χ0n) is 17.0. The number of carbonyl (C=O) groups is 2. The molecule has 8 nitrogen and oxygen atoms in total. The lowest BCUT2D eigenvalue weighted by Gasteiger charge is -2.26. The van der Waals surface area contributed by atoms with Crippen LogP contribution in [0.5, 0.6) is 0 Å². The van der Waals surface area contributed by atoms with Crippen molar-refractivity contribution >= 4 is 17.8 Å². The number of carbonyl (C=O) groups excluding carboxylic acids is 1. The number of likely N-dealkylation sites (tertiary alicyclic amines) is 1. The molecule has 164 valence electrons. The molecule has 0 radical (unpaired) electrons. The number of aliphatic hydroxyl groups excluding tert-OH is 1. The van der Waals surface area contributed by atoms with E-state index in [1.807, 2.05) is 0 Å². The fourth-order valence-electron chi connectivity index (χ4n) is 4.21. The van der Waals surface area contributed by atoms with Crippen molar-refractivity contribution in [1.29, 1.82) is 0 Å². The summed E-state index contributed by atoms with van der Waals surface area (Å²) in [6, 6.07) is 6.65. The summed E-state index contributed by atoms with van der Waals surface area (Å²) in [7, 11) is 0. The number of hydrogen-bond acceptors (Lipinski definition) is 6. The summed E-state index contributed by atoms with van der Waals surface area (Å²) < 4.78 is 14.5. The van der Waals surface area contributed by atoms with E-state index in [0.717, 1.165) is 6.20 Å². The summed E-state index contributed by atoms with van der Waals surface area (Å²) in [5.41, 5.74) is 0.960. The number of aromatic nitrogens is 2. The molecule has 9 heteroatoms. The van der Waals surface area contributed by atoms with Crippen LogP contribution >= 0.6 is 0 Å². The molecule has 2 aromatic rings. The van der Waals surface area contributed by atoms with Gasteiger partial charge in [-0.15, -0.1) is 0 Å². The van der Waals surface area contributed by atoms with Gasteiger partial charge in [0.15, 0.2) is 5.82 Å². The number of rotatable bonds is 5. The molecule has 0 spiro atoms. The predicted molar refractivity (Wildman–Crippen MR) is 111 cm³/mol. The maximum absolute atomic E-state index is 14.5. The highest BCUT2D eigenvalue weighted by molar-refractivity contribution is 5.95. The molecule has 31 heavy (non-hydrogen) atoms. The van der Waals surface area contributed by atoms with Crippen LogP contribution in [0.4, 0.5) is 10.3 Å². The standard InChI is InChI=1S/C22H25FN4O4/c23-18-11-24-22(25-16-6-4-13(5-7-16)21(30)31)26-19(18)14-2-1-3-15(10-14)20(29)27-9-8-17(28)12-27/h1-3,10-11,13,16-17,28H,4-9,12H2,(H,30,31)(H,24,25,26)/t13?,16?,17-/m0/s1. The second-order valence-electron chi connectivity index (χ2n) is 8.20. The first kappa shape index (κ1) is 21.2. The molecule has 0 unspecified atom stereocenters. The maximum Gasteiger partial charge on any atom is 0.306 e. The molecular formula is C22H25FN4O4. The number of amides is 1. The van der Waals surface area contributed by atoms with Crippen LogP contribution in [0.25, 0.3) is 11.3 Å². The Hall–Kier alpha value is -3.07. The molecule has 2 heterocycles. The van der Waals surface area contributed by atoms with Crippen molar-refractivity contribution in [3.63, 3.8) is 0 Å². The van der Waals surface area contributed by atoms with Gasteiger partial charge in [-0.05, 0) is 44.2 Å². The summed E-state index contributed by atoms with van der Waals surface area (Å²) >= 11 is 0. The molecule has 1 aromatic carbocycles. The van der Waals surface area contributed by atoms with Gasteiger partial charge in [0.05, 0.1) is 18.2 Å². The number of hydrogen-bond donors (Lipinski definition) is 3. The predicted octanol–water partition coefficient (Wildman–Crippen LogP) is 2.54. The van der Waals surface area contributed by atoms with Crippen LogP contribution in [0, 0.1) is 11.7 Å². The van der Waals surface area contributed by atoms with Gasteiger partial charge in [-0.1, -0.05) is 12.1 Å². The third-order valence-electron chi connectivity index (χ3n) is 5.99. The summed E-state index contributed by atoms with van der Waals surface area (Å²) in [5.74, 6) is -1.62. The molecule has 0 bridgehead atoms. The van der Waals surface area contributed by atoms with Gasteiger partial charge in [-0.25, -0.2) is 14.4 Å². The molecule has 1 atom stereocenters. The highest BCUT2D eigenvalue weighted by atomic mass is 19.1. The summed E-state index contributed by atoms with van der Waals surface area (Å²) in [6.45, 7) is 0.785. The molecule has 1 amide bonds. The Bertz CT molecular complexity index is 978. The quantitative estimate of drug-likeness (QED) is 0.670. The molecule has 1 saturated heterocycles. The number of anilines is 1. The van der Waals surface area contributed by atoms with E-state index in [2.05, 4.69) is 15.3 Å². The van der Waals surface area contributed by atoms with Crippen LogP contribution in [0.3, 0.4) is 0 Å². The van der Waals surface area contributed by atoms with Crippen LogP contribution in [0.1, 0.15) is 42.5 Å². The highest BCUT2D eigenvalue weighted by Gasteiger charge is 2.27. The van der Waals surface area contributed by atoms with Crippen molar-refractivity contribution in [2.75, 3.05) is 18.4 Å². The van der Waals surface area contributed by atoms with Crippen molar-refractivity contribution in [2.24, 2.45) is 5.92 Å². The largest absolute Gasteiger partial charge is 0.481 e. The third kappa shape index (κ3) is 4.82. The molecule has 1 saturated carbocycles. The van der Waals surface area contributed by atoms with Gasteiger partial charge < -0.3 is 20.4 Å². The highest BCUT2D eigenvalue weighted by Crippen LogP contribution is 2.28. The lowest BCUT2D eigenvalue weighted by atomic mass is 9.86. The Morgan fingerprint density at radius 2 is 1.94 bits per heavy atom. The summed E-state index contributed by atoms with van der Waals surface area (Å²) in [5, 5.41) is 22.0. The number of carboxylic acid groups (broad SMARTS) is 1. The second-order valence-corrected chi connectivity index (χ2v) is 8.20. The Labute approximate surface area is 179 Å².